The molecule has 3 N–H and O–H groups in total. The molecule has 1 aromatic heterocycles. The van der Waals surface area contributed by atoms with E-state index in [0.717, 1.165) is 31.6 Å². The van der Waals surface area contributed by atoms with Crippen molar-refractivity contribution >= 4 is 28.2 Å². The maximum Gasteiger partial charge on any atom is 0.272 e. The number of amides is 1. The molecule has 1 amide bonds. The quantitative estimate of drug-likeness (QED) is 0.533. The van der Waals surface area contributed by atoms with E-state index in [9.17, 15) is 18.7 Å². The van der Waals surface area contributed by atoms with Gasteiger partial charge in [-0.15, -0.1) is 0 Å². The number of aliphatic hydroxyl groups excluding tert-OH is 1. The van der Waals surface area contributed by atoms with Gasteiger partial charge in [0.15, 0.2) is 0 Å². The molecule has 180 valence electrons. The van der Waals surface area contributed by atoms with E-state index in [0.29, 0.717) is 41.5 Å². The average molecular weight is 471 g/mol. The maximum atomic E-state index is 14.5. The highest BCUT2D eigenvalue weighted by atomic mass is 19.1. The Morgan fingerprint density at radius 1 is 1.21 bits per heavy atom. The summed E-state index contributed by atoms with van der Waals surface area (Å²) in [5.41, 5.74) is 2.65. The fraction of sp³-hybridized carbons (Fsp3) is 0.400. The molecule has 9 heteroatoms. The minimum Gasteiger partial charge on any atom is -0.394 e. The summed E-state index contributed by atoms with van der Waals surface area (Å²) in [6, 6.07) is 9.29. The lowest BCUT2D eigenvalue weighted by atomic mass is 10.1. The van der Waals surface area contributed by atoms with Gasteiger partial charge in [0, 0.05) is 49.0 Å². The van der Waals surface area contributed by atoms with E-state index in [1.54, 1.807) is 12.1 Å². The Hall–Kier alpha value is -3.01. The standard InChI is InChI=1S/C25H28F2N4O3/c1-15-2-3-22(27)21-11-23(29-24(15)21)25(33)28-17-8-16(26)9-19(10-17)30-5-4-18(12-30)31-6-7-34-20(13-31)14-32/h2-3,8-11,18,20,29,32H,4-7,12-14H2,1H3,(H,28,33)/t18-,20-/m0/s1. The molecule has 2 fully saturated rings. The summed E-state index contributed by atoms with van der Waals surface area (Å²) < 4.78 is 34.1. The third kappa shape index (κ3) is 4.51. The maximum absolute atomic E-state index is 14.5. The van der Waals surface area contributed by atoms with E-state index in [-0.39, 0.29) is 18.4 Å². The van der Waals surface area contributed by atoms with E-state index >= 15 is 0 Å². The van der Waals surface area contributed by atoms with Crippen molar-refractivity contribution in [2.75, 3.05) is 49.6 Å². The molecular weight excluding hydrogens is 442 g/mol. The largest absolute Gasteiger partial charge is 0.394 e. The predicted octanol–water partition coefficient (Wildman–Crippen LogP) is 3.28. The molecule has 0 aliphatic carbocycles. The number of halogens is 2. The van der Waals surface area contributed by atoms with Gasteiger partial charge in [0.05, 0.1) is 24.8 Å². The van der Waals surface area contributed by atoms with Gasteiger partial charge in [-0.25, -0.2) is 8.78 Å². The molecule has 2 saturated heterocycles. The van der Waals surface area contributed by atoms with Crippen LogP contribution in [0.2, 0.25) is 0 Å². The Bertz CT molecular complexity index is 1180. The topological polar surface area (TPSA) is 80.8 Å². The van der Waals surface area contributed by atoms with Crippen LogP contribution in [-0.4, -0.2) is 72.4 Å². The smallest absolute Gasteiger partial charge is 0.272 e. The van der Waals surface area contributed by atoms with Crippen LogP contribution in [0.15, 0.2) is 36.4 Å². The molecule has 0 saturated carbocycles. The van der Waals surface area contributed by atoms with Crippen molar-refractivity contribution in [1.29, 1.82) is 0 Å². The molecule has 2 aromatic carbocycles. The van der Waals surface area contributed by atoms with Crippen molar-refractivity contribution in [3.8, 4) is 0 Å². The first kappa shape index (κ1) is 22.8. The number of carbonyl (C=O) groups excluding carboxylic acids is 1. The minimum absolute atomic E-state index is 0.00245. The molecule has 0 spiro atoms. The third-order valence-corrected chi connectivity index (χ3v) is 6.75. The van der Waals surface area contributed by atoms with Crippen molar-refractivity contribution < 1.29 is 23.4 Å². The van der Waals surface area contributed by atoms with Gasteiger partial charge in [0.25, 0.3) is 5.91 Å². The number of aromatic amines is 1. The van der Waals surface area contributed by atoms with E-state index in [4.69, 9.17) is 4.74 Å². The monoisotopic (exact) mass is 470 g/mol. The number of rotatable bonds is 5. The molecule has 34 heavy (non-hydrogen) atoms. The Labute approximate surface area is 196 Å². The Morgan fingerprint density at radius 3 is 2.85 bits per heavy atom. The number of aromatic nitrogens is 1. The second kappa shape index (κ2) is 9.32. The molecule has 0 unspecified atom stereocenters. The van der Waals surface area contributed by atoms with Gasteiger partial charge in [-0.05, 0) is 49.2 Å². The molecule has 7 nitrogen and oxygen atoms in total. The van der Waals surface area contributed by atoms with Crippen LogP contribution in [-0.2, 0) is 4.74 Å². The first-order valence-corrected chi connectivity index (χ1v) is 11.5. The number of hydrogen-bond acceptors (Lipinski definition) is 5. The van der Waals surface area contributed by atoms with Crippen molar-refractivity contribution in [1.82, 2.24) is 9.88 Å². The number of aryl methyl sites for hydroxylation is 1. The van der Waals surface area contributed by atoms with Gasteiger partial charge in [0.2, 0.25) is 0 Å². The highest BCUT2D eigenvalue weighted by Crippen LogP contribution is 2.28. The van der Waals surface area contributed by atoms with E-state index < -0.39 is 17.5 Å². The highest BCUT2D eigenvalue weighted by molar-refractivity contribution is 6.06. The van der Waals surface area contributed by atoms with Crippen LogP contribution < -0.4 is 10.2 Å². The van der Waals surface area contributed by atoms with Crippen molar-refractivity contribution in [2.24, 2.45) is 0 Å². The first-order valence-electron chi connectivity index (χ1n) is 11.5. The number of nitrogens with zero attached hydrogens (tertiary/aromatic N) is 2. The van der Waals surface area contributed by atoms with Gasteiger partial charge in [-0.1, -0.05) is 6.07 Å². The summed E-state index contributed by atoms with van der Waals surface area (Å²) >= 11 is 0. The van der Waals surface area contributed by atoms with Crippen molar-refractivity contribution in [3.63, 3.8) is 0 Å². The Kier molecular flexibility index (Phi) is 6.24. The number of morpholine rings is 1. The van der Waals surface area contributed by atoms with E-state index in [1.807, 2.05) is 6.92 Å². The number of anilines is 2. The summed E-state index contributed by atoms with van der Waals surface area (Å²) in [6.07, 6.45) is 0.761. The Balaban J connectivity index is 1.30. The minimum atomic E-state index is -0.464. The van der Waals surface area contributed by atoms with Crippen LogP contribution in [0.3, 0.4) is 0 Å². The van der Waals surface area contributed by atoms with Crippen LogP contribution in [0, 0.1) is 18.6 Å². The average Bonchev–Trinajstić information content (AvgIpc) is 3.50. The lowest BCUT2D eigenvalue weighted by molar-refractivity contribution is -0.0623. The molecular formula is C25H28F2N4O3. The SMILES string of the molecule is Cc1ccc(F)c2cc(C(=O)Nc3cc(F)cc(N4CC[C@H](N5CCO[C@H](CO)C5)C4)c3)[nH]c12. The number of H-pyrrole nitrogens is 1. The van der Waals surface area contributed by atoms with Gasteiger partial charge < -0.3 is 25.0 Å². The number of hydrogen-bond donors (Lipinski definition) is 3. The number of carbonyl (C=O) groups is 1. The van der Waals surface area contributed by atoms with E-state index in [1.165, 1.54) is 24.3 Å². The lowest BCUT2D eigenvalue weighted by Crippen LogP contribution is -2.49. The normalized spacial score (nSPS) is 21.4. The van der Waals surface area contributed by atoms with E-state index in [2.05, 4.69) is 20.1 Å². The molecule has 3 aromatic rings. The molecule has 0 radical (unpaired) electrons. The Morgan fingerprint density at radius 2 is 2.06 bits per heavy atom. The number of fused-ring (bicyclic) bond motifs is 1. The number of ether oxygens (including phenoxy) is 1. The van der Waals surface area contributed by atoms with Gasteiger partial charge in [-0.2, -0.15) is 0 Å². The van der Waals surface area contributed by atoms with Crippen LogP contribution in [0.1, 0.15) is 22.5 Å². The summed E-state index contributed by atoms with van der Waals surface area (Å²) in [5, 5.41) is 12.5. The summed E-state index contributed by atoms with van der Waals surface area (Å²) in [4.78, 5) is 20.2. The number of benzene rings is 2. The van der Waals surface area contributed by atoms with Gasteiger partial charge >= 0.3 is 0 Å². The van der Waals surface area contributed by atoms with Crippen LogP contribution in [0.25, 0.3) is 10.9 Å². The zero-order valence-electron chi connectivity index (χ0n) is 19.0. The van der Waals surface area contributed by atoms with Gasteiger partial charge in [0.1, 0.15) is 17.3 Å². The number of aliphatic hydroxyl groups is 1. The molecule has 2 aliphatic heterocycles. The van der Waals surface area contributed by atoms with Crippen molar-refractivity contribution in [3.05, 3.63) is 59.3 Å². The first-order chi connectivity index (χ1) is 16.4. The van der Waals surface area contributed by atoms with Crippen LogP contribution in [0.4, 0.5) is 20.2 Å². The zero-order valence-corrected chi connectivity index (χ0v) is 19.0. The fourth-order valence-corrected chi connectivity index (χ4v) is 4.93. The number of nitrogens with one attached hydrogen (secondary N) is 2. The molecule has 0 bridgehead atoms. The van der Waals surface area contributed by atoms with Gasteiger partial charge in [-0.3, -0.25) is 9.69 Å². The predicted molar refractivity (Wildman–Crippen MR) is 126 cm³/mol. The van der Waals surface area contributed by atoms with Crippen molar-refractivity contribution in [2.45, 2.75) is 25.5 Å². The molecule has 2 aliphatic rings. The molecule has 5 rings (SSSR count). The second-order valence-electron chi connectivity index (χ2n) is 9.05. The van der Waals surface area contributed by atoms with Crippen LogP contribution >= 0.6 is 0 Å². The third-order valence-electron chi connectivity index (χ3n) is 6.75. The molecule has 2 atom stereocenters. The lowest BCUT2D eigenvalue weighted by Gasteiger charge is -2.36. The van der Waals surface area contributed by atoms with Crippen LogP contribution in [0.5, 0.6) is 0 Å². The highest BCUT2D eigenvalue weighted by Gasteiger charge is 2.31. The second-order valence-corrected chi connectivity index (χ2v) is 9.05. The summed E-state index contributed by atoms with van der Waals surface area (Å²) in [6.45, 7) is 5.42. The summed E-state index contributed by atoms with van der Waals surface area (Å²) in [5.74, 6) is -1.31. The zero-order chi connectivity index (χ0) is 23.8. The fourth-order valence-electron chi connectivity index (χ4n) is 4.93. The summed E-state index contributed by atoms with van der Waals surface area (Å²) in [7, 11) is 0. The molecule has 3 heterocycles.